The van der Waals surface area contributed by atoms with Crippen molar-refractivity contribution in [3.05, 3.63) is 63.1 Å². The molecule has 2 nitrogen and oxygen atoms in total. The van der Waals surface area contributed by atoms with E-state index in [-0.39, 0.29) is 5.91 Å². The van der Waals surface area contributed by atoms with Crippen LogP contribution in [0.4, 0.5) is 5.69 Å². The fraction of sp³-hybridized carbons (Fsp3) is 0.188. The average molecular weight is 308 g/mol. The zero-order chi connectivity index (χ0) is 14.7. The van der Waals surface area contributed by atoms with Crippen LogP contribution in [0.5, 0.6) is 0 Å². The molecular weight excluding hydrogens is 293 g/mol. The van der Waals surface area contributed by atoms with Gasteiger partial charge in [-0.1, -0.05) is 53.0 Å². The third-order valence-corrected chi connectivity index (χ3v) is 3.89. The zero-order valence-electron chi connectivity index (χ0n) is 11.3. The Hall–Kier alpha value is -1.51. The van der Waals surface area contributed by atoms with Gasteiger partial charge in [-0.15, -0.1) is 0 Å². The molecule has 0 bridgehead atoms. The number of carbonyl (C=O) groups excluding carboxylic acids is 1. The summed E-state index contributed by atoms with van der Waals surface area (Å²) >= 11 is 12.0. The van der Waals surface area contributed by atoms with E-state index in [2.05, 4.69) is 11.4 Å². The van der Waals surface area contributed by atoms with Crippen LogP contribution in [0.25, 0.3) is 0 Å². The molecule has 0 heterocycles. The molecule has 1 N–H and O–H groups in total. The molecule has 20 heavy (non-hydrogen) atoms. The van der Waals surface area contributed by atoms with Crippen molar-refractivity contribution in [3.8, 4) is 0 Å². The Labute approximate surface area is 128 Å². The Balaban J connectivity index is 2.11. The minimum absolute atomic E-state index is 0.110. The van der Waals surface area contributed by atoms with Gasteiger partial charge < -0.3 is 5.32 Å². The van der Waals surface area contributed by atoms with Crippen LogP contribution in [0.3, 0.4) is 0 Å². The molecule has 0 aliphatic heterocycles. The second-order valence-electron chi connectivity index (χ2n) is 4.76. The number of hydrogen-bond acceptors (Lipinski definition) is 1. The Morgan fingerprint density at radius 3 is 2.60 bits per heavy atom. The lowest BCUT2D eigenvalue weighted by atomic mass is 10.0. The van der Waals surface area contributed by atoms with Gasteiger partial charge in [-0.2, -0.15) is 0 Å². The number of amides is 1. The van der Waals surface area contributed by atoms with Crippen LogP contribution in [-0.4, -0.2) is 5.91 Å². The number of rotatable bonds is 3. The molecule has 104 valence electrons. The second kappa shape index (κ2) is 6.29. The maximum absolute atomic E-state index is 12.1. The van der Waals surface area contributed by atoms with Gasteiger partial charge >= 0.3 is 0 Å². The Kier molecular flexibility index (Phi) is 4.69. The minimum Gasteiger partial charge on any atom is -0.324 e. The number of anilines is 1. The summed E-state index contributed by atoms with van der Waals surface area (Å²) in [5.41, 5.74) is 3.84. The van der Waals surface area contributed by atoms with Gasteiger partial charge in [0.15, 0.2) is 0 Å². The highest BCUT2D eigenvalue weighted by Gasteiger charge is 2.10. The molecule has 2 aromatic rings. The maximum atomic E-state index is 12.1. The molecule has 0 aliphatic carbocycles. The van der Waals surface area contributed by atoms with Gasteiger partial charge in [-0.3, -0.25) is 4.79 Å². The van der Waals surface area contributed by atoms with Crippen molar-refractivity contribution in [1.82, 2.24) is 0 Å². The molecule has 2 aromatic carbocycles. The molecule has 0 radical (unpaired) electrons. The first-order valence-corrected chi connectivity index (χ1v) is 7.03. The summed E-state index contributed by atoms with van der Waals surface area (Å²) in [4.78, 5) is 12.1. The lowest BCUT2D eigenvalue weighted by Crippen LogP contribution is -2.15. The van der Waals surface area contributed by atoms with Crippen molar-refractivity contribution < 1.29 is 4.79 Å². The fourth-order valence-corrected chi connectivity index (χ4v) is 2.36. The van der Waals surface area contributed by atoms with Gasteiger partial charge in [0.25, 0.3) is 0 Å². The summed E-state index contributed by atoms with van der Waals surface area (Å²) in [6, 6.07) is 11.2. The number of carbonyl (C=O) groups is 1. The normalized spacial score (nSPS) is 10.4. The Morgan fingerprint density at radius 2 is 1.90 bits per heavy atom. The summed E-state index contributed by atoms with van der Waals surface area (Å²) in [5, 5.41) is 3.58. The molecule has 0 fully saturated rings. The summed E-state index contributed by atoms with van der Waals surface area (Å²) < 4.78 is 0. The van der Waals surface area contributed by atoms with E-state index in [4.69, 9.17) is 23.2 Å². The third-order valence-electron chi connectivity index (χ3n) is 3.07. The smallest absolute Gasteiger partial charge is 0.228 e. The largest absolute Gasteiger partial charge is 0.324 e. The standard InChI is InChI=1S/C16H15Cl2NO/c1-10-6-7-12(11(2)8-10)9-15(20)19-14-5-3-4-13(17)16(14)18/h3-8H,9H2,1-2H3,(H,19,20). The number of nitrogens with one attached hydrogen (secondary N) is 1. The Morgan fingerprint density at radius 1 is 1.15 bits per heavy atom. The van der Waals surface area contributed by atoms with Crippen molar-refractivity contribution in [2.75, 3.05) is 5.32 Å². The molecule has 0 saturated carbocycles. The quantitative estimate of drug-likeness (QED) is 0.867. The molecule has 4 heteroatoms. The van der Waals surface area contributed by atoms with Gasteiger partial charge in [0.1, 0.15) is 0 Å². The van der Waals surface area contributed by atoms with E-state index in [1.54, 1.807) is 18.2 Å². The number of aryl methyl sites for hydroxylation is 2. The van der Waals surface area contributed by atoms with E-state index in [1.807, 2.05) is 26.0 Å². The van der Waals surface area contributed by atoms with Crippen LogP contribution < -0.4 is 5.32 Å². The van der Waals surface area contributed by atoms with Crippen LogP contribution in [0.1, 0.15) is 16.7 Å². The first kappa shape index (κ1) is 14.9. The summed E-state index contributed by atoms with van der Waals surface area (Å²) in [6.45, 7) is 4.03. The maximum Gasteiger partial charge on any atom is 0.228 e. The van der Waals surface area contributed by atoms with E-state index in [0.717, 1.165) is 11.1 Å². The minimum atomic E-state index is -0.110. The zero-order valence-corrected chi connectivity index (χ0v) is 12.8. The van der Waals surface area contributed by atoms with E-state index >= 15 is 0 Å². The molecule has 0 spiro atoms. The predicted molar refractivity (Wildman–Crippen MR) is 84.7 cm³/mol. The van der Waals surface area contributed by atoms with Gasteiger partial charge in [-0.25, -0.2) is 0 Å². The molecular formula is C16H15Cl2NO. The number of benzene rings is 2. The van der Waals surface area contributed by atoms with Crippen LogP contribution in [-0.2, 0) is 11.2 Å². The molecule has 0 aliphatic rings. The topological polar surface area (TPSA) is 29.1 Å². The summed E-state index contributed by atoms with van der Waals surface area (Å²) in [5.74, 6) is -0.110. The highest BCUT2D eigenvalue weighted by atomic mass is 35.5. The van der Waals surface area contributed by atoms with Crippen LogP contribution in [0.2, 0.25) is 10.0 Å². The van der Waals surface area contributed by atoms with E-state index in [0.29, 0.717) is 22.2 Å². The van der Waals surface area contributed by atoms with E-state index in [1.165, 1.54) is 5.56 Å². The monoisotopic (exact) mass is 307 g/mol. The van der Waals surface area contributed by atoms with Crippen molar-refractivity contribution in [3.63, 3.8) is 0 Å². The molecule has 1 amide bonds. The van der Waals surface area contributed by atoms with Crippen molar-refractivity contribution in [2.24, 2.45) is 0 Å². The first-order chi connectivity index (χ1) is 9.47. The van der Waals surface area contributed by atoms with Gasteiger partial charge in [0.2, 0.25) is 5.91 Å². The van der Waals surface area contributed by atoms with E-state index in [9.17, 15) is 4.79 Å². The predicted octanol–water partition coefficient (Wildman–Crippen LogP) is 4.79. The van der Waals surface area contributed by atoms with Gasteiger partial charge in [-0.05, 0) is 37.1 Å². The average Bonchev–Trinajstić information content (AvgIpc) is 2.38. The SMILES string of the molecule is Cc1ccc(CC(=O)Nc2cccc(Cl)c2Cl)c(C)c1. The number of hydrogen-bond donors (Lipinski definition) is 1. The van der Waals surface area contributed by atoms with E-state index < -0.39 is 0 Å². The second-order valence-corrected chi connectivity index (χ2v) is 5.54. The van der Waals surface area contributed by atoms with Crippen LogP contribution in [0.15, 0.2) is 36.4 Å². The lowest BCUT2D eigenvalue weighted by Gasteiger charge is -2.10. The highest BCUT2D eigenvalue weighted by Crippen LogP contribution is 2.29. The van der Waals surface area contributed by atoms with Crippen LogP contribution >= 0.6 is 23.2 Å². The van der Waals surface area contributed by atoms with Gasteiger partial charge in [0.05, 0.1) is 22.2 Å². The molecule has 0 aromatic heterocycles. The summed E-state index contributed by atoms with van der Waals surface area (Å²) in [6.07, 6.45) is 0.314. The fourth-order valence-electron chi connectivity index (χ4n) is 2.01. The Bertz CT molecular complexity index is 653. The highest BCUT2D eigenvalue weighted by molar-refractivity contribution is 6.43. The molecule has 0 atom stereocenters. The van der Waals surface area contributed by atoms with Crippen molar-refractivity contribution in [1.29, 1.82) is 0 Å². The lowest BCUT2D eigenvalue weighted by molar-refractivity contribution is -0.115. The summed E-state index contributed by atoms with van der Waals surface area (Å²) in [7, 11) is 0. The third kappa shape index (κ3) is 3.53. The van der Waals surface area contributed by atoms with Crippen molar-refractivity contribution in [2.45, 2.75) is 20.3 Å². The van der Waals surface area contributed by atoms with Gasteiger partial charge in [0, 0.05) is 0 Å². The molecule has 0 saturated heterocycles. The number of halogens is 2. The van der Waals surface area contributed by atoms with Crippen LogP contribution in [0, 0.1) is 13.8 Å². The van der Waals surface area contributed by atoms with Crippen molar-refractivity contribution >= 4 is 34.8 Å². The molecule has 0 unspecified atom stereocenters. The first-order valence-electron chi connectivity index (χ1n) is 6.27. The molecule has 2 rings (SSSR count).